The topological polar surface area (TPSA) is 11.0 Å². The predicted octanol–water partition coefficient (Wildman–Crippen LogP) is 9.97. The number of halogens is 4. The molecule has 0 N–H and O–H groups in total. The van der Waals surface area contributed by atoms with Gasteiger partial charge in [-0.2, -0.15) is 9.13 Å². The zero-order valence-electron chi connectivity index (χ0n) is 31.8. The molecule has 282 valence electrons. The van der Waals surface area contributed by atoms with Crippen LogP contribution in [0.3, 0.4) is 0 Å². The monoisotopic (exact) mass is 823 g/mol. The van der Waals surface area contributed by atoms with Crippen LogP contribution in [0.2, 0.25) is 0 Å². The fraction of sp³-hybridized carbons (Fsp3) is 0.366. The summed E-state index contributed by atoms with van der Waals surface area (Å²) in [7, 11) is 34.1. The molecule has 0 bridgehead atoms. The predicted molar refractivity (Wildman–Crippen MR) is 235 cm³/mol. The molecule has 5 nitrogen and oxygen atoms in total. The highest BCUT2D eigenvalue weighted by Crippen LogP contribution is 2.22. The van der Waals surface area contributed by atoms with Crippen LogP contribution in [0, 0.1) is 6.92 Å². The Hall–Kier alpha value is -2.20. The number of benzene rings is 2. The van der Waals surface area contributed by atoms with E-state index in [0.29, 0.717) is 0 Å². The van der Waals surface area contributed by atoms with E-state index in [1.807, 2.05) is 21.6 Å². The van der Waals surface area contributed by atoms with Crippen molar-refractivity contribution in [3.63, 3.8) is 0 Å². The lowest BCUT2D eigenvalue weighted by atomic mass is 10.1. The summed E-state index contributed by atoms with van der Waals surface area (Å²) in [6.07, 6.45) is 17.6. The molecule has 4 rings (SSSR count). The third-order valence-electron chi connectivity index (χ3n) is 8.83. The highest BCUT2D eigenvalue weighted by molar-refractivity contribution is 8.76. The first-order valence-electron chi connectivity index (χ1n) is 17.3. The van der Waals surface area contributed by atoms with E-state index >= 15 is 0 Å². The molecule has 2 heterocycles. The van der Waals surface area contributed by atoms with Gasteiger partial charge in [-0.05, 0) is 41.3 Å². The quantitative estimate of drug-likeness (QED) is 0.0429. The smallest absolute Gasteiger partial charge is 0.196 e. The van der Waals surface area contributed by atoms with Gasteiger partial charge in [0.25, 0.3) is 0 Å². The standard InChI is InChI=1S/C41H57N5S2.2Cl2/c1-36-8-10-37(11-9-36)12-14-39-20-24-43(25-21-39)28-30-45(4,5)32-34-47-48-35-33-46(6,7)31-29-44-26-22-40(23-27-44)15-13-38-16-18-41(19-17-38)42(2)3;2*1-2/h8-27H,28-35H2,1-7H3;;/q+4;;/b14-12+;;. The second-order valence-electron chi connectivity index (χ2n) is 14.2. The Morgan fingerprint density at radius 1 is 0.519 bits per heavy atom. The number of aryl methyl sites for hydroxylation is 1. The molecular weight excluding hydrogens is 768 g/mol. The van der Waals surface area contributed by atoms with Gasteiger partial charge in [-0.25, -0.2) is 0 Å². The van der Waals surface area contributed by atoms with E-state index in [1.165, 1.54) is 58.1 Å². The molecular formula is C41H57Cl4N5S2+4. The van der Waals surface area contributed by atoms with Crippen molar-refractivity contribution in [2.75, 3.05) is 84.9 Å². The highest BCUT2D eigenvalue weighted by atomic mass is 36.5. The highest BCUT2D eigenvalue weighted by Gasteiger charge is 2.19. The van der Waals surface area contributed by atoms with Crippen molar-refractivity contribution in [3.8, 4) is 0 Å². The third kappa shape index (κ3) is 18.7. The van der Waals surface area contributed by atoms with Crippen molar-refractivity contribution in [1.82, 2.24) is 0 Å². The van der Waals surface area contributed by atoms with E-state index < -0.39 is 0 Å². The van der Waals surface area contributed by atoms with Crippen LogP contribution >= 0.6 is 65.0 Å². The molecule has 0 radical (unpaired) electrons. The van der Waals surface area contributed by atoms with Crippen LogP contribution in [-0.2, 0) is 13.1 Å². The van der Waals surface area contributed by atoms with Gasteiger partial charge in [-0.15, -0.1) is 0 Å². The summed E-state index contributed by atoms with van der Waals surface area (Å²) in [5, 5.41) is 0. The van der Waals surface area contributed by atoms with Crippen molar-refractivity contribution >= 4 is 95.0 Å². The molecule has 2 aromatic carbocycles. The molecule has 0 fully saturated rings. The van der Waals surface area contributed by atoms with Crippen LogP contribution in [0.15, 0.2) is 97.6 Å². The first-order chi connectivity index (χ1) is 25.0. The van der Waals surface area contributed by atoms with Crippen molar-refractivity contribution in [2.45, 2.75) is 20.0 Å². The van der Waals surface area contributed by atoms with Gasteiger partial charge in [0.05, 0.1) is 52.8 Å². The van der Waals surface area contributed by atoms with E-state index in [1.54, 1.807) is 0 Å². The van der Waals surface area contributed by atoms with Gasteiger partial charge < -0.3 is 13.9 Å². The van der Waals surface area contributed by atoms with Crippen LogP contribution < -0.4 is 14.0 Å². The summed E-state index contributed by atoms with van der Waals surface area (Å²) >= 11 is 0. The normalized spacial score (nSPS) is 11.6. The van der Waals surface area contributed by atoms with Gasteiger partial charge in [-0.3, -0.25) is 0 Å². The van der Waals surface area contributed by atoms with E-state index in [4.69, 9.17) is 0 Å². The molecule has 0 aliphatic rings. The van der Waals surface area contributed by atoms with Gasteiger partial charge in [0.1, 0.15) is 13.1 Å². The number of nitrogens with zero attached hydrogens (tertiary/aromatic N) is 5. The minimum absolute atomic E-state index is 1.03. The molecule has 0 unspecified atom stereocenters. The molecule has 4 aromatic rings. The molecule has 0 amide bonds. The molecule has 52 heavy (non-hydrogen) atoms. The third-order valence-corrected chi connectivity index (χ3v) is 11.2. The zero-order chi connectivity index (χ0) is 38.4. The summed E-state index contributed by atoms with van der Waals surface area (Å²) in [5.74, 6) is 2.35. The van der Waals surface area contributed by atoms with Gasteiger partial charge >= 0.3 is 0 Å². The minimum Gasteiger partial charge on any atom is -0.378 e. The lowest BCUT2D eigenvalue weighted by molar-refractivity contribution is -0.907. The molecule has 0 spiro atoms. The van der Waals surface area contributed by atoms with Crippen molar-refractivity contribution in [2.24, 2.45) is 0 Å². The van der Waals surface area contributed by atoms with Crippen LogP contribution in [0.5, 0.6) is 0 Å². The summed E-state index contributed by atoms with van der Waals surface area (Å²) in [4.78, 5) is 2.12. The molecule has 2 aromatic heterocycles. The maximum Gasteiger partial charge on any atom is 0.196 e. The van der Waals surface area contributed by atoms with Crippen LogP contribution in [0.4, 0.5) is 5.69 Å². The molecule has 0 atom stereocenters. The fourth-order valence-electron chi connectivity index (χ4n) is 5.09. The van der Waals surface area contributed by atoms with Gasteiger partial charge in [-0.1, -0.05) is 87.9 Å². The largest absolute Gasteiger partial charge is 0.378 e. The Labute approximate surface area is 341 Å². The van der Waals surface area contributed by atoms with E-state index in [2.05, 4.69) is 229 Å². The Balaban J connectivity index is 0.00000226. The number of likely N-dealkylation sites (N-methyl/N-ethyl adjacent to an activating group) is 2. The van der Waals surface area contributed by atoms with Crippen molar-refractivity contribution < 1.29 is 18.1 Å². The van der Waals surface area contributed by atoms with E-state index in [0.717, 1.165) is 35.1 Å². The van der Waals surface area contributed by atoms with Crippen LogP contribution in [-0.4, -0.2) is 88.9 Å². The SMILES string of the molecule is Cc1ccc(/C=C/c2cc[n+](CC[N+](C)(C)CCSSCC[N+](C)(C)CC[n+]3ccc(/C=C/c4ccc(N(C)C)cc4)cc3)cc2)cc1.ClCl.ClCl. The van der Waals surface area contributed by atoms with Crippen molar-refractivity contribution in [1.29, 1.82) is 0 Å². The molecule has 0 saturated heterocycles. The Morgan fingerprint density at radius 2 is 0.846 bits per heavy atom. The first-order valence-corrected chi connectivity index (χ1v) is 22.1. The van der Waals surface area contributed by atoms with E-state index in [9.17, 15) is 0 Å². The van der Waals surface area contributed by atoms with Gasteiger partial charge in [0, 0.05) is 87.5 Å². The molecule has 0 saturated carbocycles. The Bertz CT molecular complexity index is 1590. The summed E-state index contributed by atoms with van der Waals surface area (Å²) in [6.45, 7) is 8.78. The number of quaternary nitrogens is 2. The number of rotatable bonds is 18. The Morgan fingerprint density at radius 3 is 1.19 bits per heavy atom. The van der Waals surface area contributed by atoms with Crippen LogP contribution in [0.1, 0.15) is 27.8 Å². The lowest BCUT2D eigenvalue weighted by Gasteiger charge is -2.29. The number of anilines is 1. The maximum absolute atomic E-state index is 4.11. The Kier molecular flexibility index (Phi) is 22.1. The molecule has 0 aliphatic heterocycles. The summed E-state index contributed by atoms with van der Waals surface area (Å²) in [6, 6.07) is 26.1. The maximum atomic E-state index is 4.11. The molecule has 0 aliphatic carbocycles. The number of hydrogen-bond donors (Lipinski definition) is 0. The lowest BCUT2D eigenvalue weighted by Crippen LogP contribution is -2.49. The van der Waals surface area contributed by atoms with Gasteiger partial charge in [0.2, 0.25) is 0 Å². The minimum atomic E-state index is 1.03. The summed E-state index contributed by atoms with van der Waals surface area (Å²) < 4.78 is 6.68. The number of pyridine rings is 2. The number of hydrogen-bond acceptors (Lipinski definition) is 3. The summed E-state index contributed by atoms with van der Waals surface area (Å²) in [5.41, 5.74) is 7.42. The zero-order valence-corrected chi connectivity index (χ0v) is 36.4. The van der Waals surface area contributed by atoms with Crippen LogP contribution in [0.25, 0.3) is 24.3 Å². The average Bonchev–Trinajstić information content (AvgIpc) is 3.16. The second-order valence-corrected chi connectivity index (χ2v) is 16.9. The first kappa shape index (κ1) is 46.0. The van der Waals surface area contributed by atoms with Gasteiger partial charge in [0.15, 0.2) is 37.9 Å². The molecule has 11 heteroatoms. The number of aromatic nitrogens is 2. The van der Waals surface area contributed by atoms with E-state index in [-0.39, 0.29) is 0 Å². The average molecular weight is 826 g/mol. The second kappa shape index (κ2) is 25.0. The van der Waals surface area contributed by atoms with Crippen molar-refractivity contribution in [3.05, 3.63) is 125 Å². The fourth-order valence-corrected chi connectivity index (χ4v) is 7.61.